The highest BCUT2D eigenvalue weighted by Crippen LogP contribution is 2.27. The number of rotatable bonds is 4. The van der Waals surface area contributed by atoms with E-state index in [0.717, 1.165) is 4.31 Å². The van der Waals surface area contributed by atoms with Crippen molar-refractivity contribution in [1.29, 1.82) is 0 Å². The molecule has 114 valence electrons. The summed E-state index contributed by atoms with van der Waals surface area (Å²) < 4.78 is 54.3. The summed E-state index contributed by atoms with van der Waals surface area (Å²) in [5.74, 6) is 0.595. The number of sulfone groups is 1. The molecular weight excluding hydrogens is 326 g/mol. The lowest BCUT2D eigenvalue weighted by Crippen LogP contribution is -2.37. The molecule has 0 N–H and O–H groups in total. The van der Waals surface area contributed by atoms with E-state index in [9.17, 15) is 16.8 Å². The fourth-order valence-corrected chi connectivity index (χ4v) is 5.83. The van der Waals surface area contributed by atoms with E-state index in [2.05, 4.69) is 0 Å². The summed E-state index contributed by atoms with van der Waals surface area (Å²) in [6.07, 6.45) is 0.317. The van der Waals surface area contributed by atoms with Gasteiger partial charge in [0.2, 0.25) is 10.0 Å². The van der Waals surface area contributed by atoms with Crippen LogP contribution < -0.4 is 0 Å². The number of furan rings is 1. The zero-order chi connectivity index (χ0) is 15.1. The second-order valence-electron chi connectivity index (χ2n) is 4.84. The lowest BCUT2D eigenvalue weighted by atomic mass is 10.3. The molecule has 0 aromatic carbocycles. The van der Waals surface area contributed by atoms with E-state index >= 15 is 0 Å². The van der Waals surface area contributed by atoms with Crippen molar-refractivity contribution in [3.8, 4) is 0 Å². The van der Waals surface area contributed by atoms with Crippen LogP contribution in [0.2, 0.25) is 0 Å². The largest absolute Gasteiger partial charge is 0.464 e. The lowest BCUT2D eigenvalue weighted by molar-refractivity contribution is 0.392. The molecule has 2 rings (SSSR count). The smallest absolute Gasteiger partial charge is 0.246 e. The molecule has 0 spiro atoms. The Morgan fingerprint density at radius 2 is 2.15 bits per heavy atom. The van der Waals surface area contributed by atoms with E-state index < -0.39 is 25.9 Å². The number of nitrogens with zero attached hydrogens (tertiary/aromatic N) is 1. The van der Waals surface area contributed by atoms with Crippen molar-refractivity contribution < 1.29 is 21.3 Å². The molecule has 0 bridgehead atoms. The van der Waals surface area contributed by atoms with E-state index in [1.807, 2.05) is 0 Å². The predicted octanol–water partition coefficient (Wildman–Crippen LogP) is 1.13. The summed E-state index contributed by atoms with van der Waals surface area (Å²) in [6.45, 7) is 1.54. The SMILES string of the molecule is Cc1oc(CCl)cc1S(=O)(=O)N(C)C1CCS(=O)(=O)C1. The Morgan fingerprint density at radius 1 is 1.50 bits per heavy atom. The van der Waals surface area contributed by atoms with Crippen molar-refractivity contribution in [3.63, 3.8) is 0 Å². The molecule has 0 saturated carbocycles. The first-order valence-electron chi connectivity index (χ1n) is 6.01. The third-order valence-electron chi connectivity index (χ3n) is 3.43. The number of sulfonamides is 1. The van der Waals surface area contributed by atoms with Gasteiger partial charge in [-0.25, -0.2) is 16.8 Å². The van der Waals surface area contributed by atoms with Crippen LogP contribution in [-0.4, -0.2) is 45.7 Å². The van der Waals surface area contributed by atoms with Gasteiger partial charge in [-0.1, -0.05) is 0 Å². The molecule has 0 aliphatic carbocycles. The topological polar surface area (TPSA) is 84.7 Å². The quantitative estimate of drug-likeness (QED) is 0.766. The molecule has 2 heterocycles. The minimum atomic E-state index is -3.78. The van der Waals surface area contributed by atoms with Crippen molar-refractivity contribution in [2.75, 3.05) is 18.6 Å². The van der Waals surface area contributed by atoms with Crippen LogP contribution >= 0.6 is 11.6 Å². The van der Waals surface area contributed by atoms with Crippen LogP contribution in [-0.2, 0) is 25.7 Å². The molecule has 1 saturated heterocycles. The summed E-state index contributed by atoms with van der Waals surface area (Å²) in [6, 6.07) is 0.858. The average molecular weight is 342 g/mol. The minimum absolute atomic E-state index is 0.0226. The zero-order valence-corrected chi connectivity index (χ0v) is 13.6. The zero-order valence-electron chi connectivity index (χ0n) is 11.2. The van der Waals surface area contributed by atoms with Crippen LogP contribution in [0.15, 0.2) is 15.4 Å². The molecular formula is C11H16ClNO5S2. The molecule has 6 nitrogen and oxygen atoms in total. The van der Waals surface area contributed by atoms with Gasteiger partial charge in [0.05, 0.1) is 17.4 Å². The Bertz CT molecular complexity index is 707. The van der Waals surface area contributed by atoms with Gasteiger partial charge < -0.3 is 4.42 Å². The molecule has 1 aromatic heterocycles. The fraction of sp³-hybridized carbons (Fsp3) is 0.636. The first kappa shape index (κ1) is 15.8. The van der Waals surface area contributed by atoms with Crippen LogP contribution in [0.4, 0.5) is 0 Å². The third kappa shape index (κ3) is 2.88. The van der Waals surface area contributed by atoms with Gasteiger partial charge in [0.1, 0.15) is 16.4 Å². The highest BCUT2D eigenvalue weighted by atomic mass is 35.5. The van der Waals surface area contributed by atoms with Crippen molar-refractivity contribution in [1.82, 2.24) is 4.31 Å². The maximum Gasteiger partial charge on any atom is 0.246 e. The van der Waals surface area contributed by atoms with Gasteiger partial charge in [0.15, 0.2) is 9.84 Å². The molecule has 1 aromatic rings. The number of aryl methyl sites for hydroxylation is 1. The van der Waals surface area contributed by atoms with Gasteiger partial charge in [-0.05, 0) is 13.3 Å². The molecule has 1 aliphatic rings. The van der Waals surface area contributed by atoms with Crippen LogP contribution in [0.1, 0.15) is 17.9 Å². The molecule has 9 heteroatoms. The first-order valence-corrected chi connectivity index (χ1v) is 9.80. The van der Waals surface area contributed by atoms with Crippen molar-refractivity contribution in [2.45, 2.75) is 30.2 Å². The Morgan fingerprint density at radius 3 is 2.60 bits per heavy atom. The predicted molar refractivity (Wildman–Crippen MR) is 75.0 cm³/mol. The maximum absolute atomic E-state index is 12.5. The van der Waals surface area contributed by atoms with Crippen LogP contribution in [0.3, 0.4) is 0 Å². The Kier molecular flexibility index (Phi) is 4.21. The van der Waals surface area contributed by atoms with Gasteiger partial charge in [0, 0.05) is 19.2 Å². The first-order chi connectivity index (χ1) is 9.17. The highest BCUT2D eigenvalue weighted by Gasteiger charge is 2.37. The molecule has 0 radical (unpaired) electrons. The lowest BCUT2D eigenvalue weighted by Gasteiger charge is -2.22. The van der Waals surface area contributed by atoms with E-state index in [4.69, 9.17) is 16.0 Å². The van der Waals surface area contributed by atoms with Crippen LogP contribution in [0.25, 0.3) is 0 Å². The molecule has 1 fully saturated rings. The molecule has 20 heavy (non-hydrogen) atoms. The normalized spacial score (nSPS) is 22.5. The van der Waals surface area contributed by atoms with E-state index in [1.54, 1.807) is 6.92 Å². The molecule has 1 aliphatic heterocycles. The highest BCUT2D eigenvalue weighted by molar-refractivity contribution is 7.92. The summed E-state index contributed by atoms with van der Waals surface area (Å²) in [7, 11) is -5.52. The standard InChI is InChI=1S/C11H16ClNO5S2/c1-8-11(5-10(6-12)18-8)20(16,17)13(2)9-3-4-19(14,15)7-9/h5,9H,3-4,6-7H2,1-2H3. The maximum atomic E-state index is 12.5. The van der Waals surface area contributed by atoms with Gasteiger partial charge in [-0.2, -0.15) is 4.31 Å². The second-order valence-corrected chi connectivity index (χ2v) is 9.31. The molecule has 1 atom stereocenters. The van der Waals surface area contributed by atoms with E-state index in [1.165, 1.54) is 13.1 Å². The minimum Gasteiger partial charge on any atom is -0.464 e. The average Bonchev–Trinajstić information content (AvgIpc) is 2.91. The summed E-state index contributed by atoms with van der Waals surface area (Å²) in [5.41, 5.74) is 0. The number of halogens is 1. The number of hydrogen-bond donors (Lipinski definition) is 0. The summed E-state index contributed by atoms with van der Waals surface area (Å²) in [5, 5.41) is 0. The van der Waals surface area contributed by atoms with Gasteiger partial charge in [-0.15, -0.1) is 11.6 Å². The number of hydrogen-bond acceptors (Lipinski definition) is 5. The monoisotopic (exact) mass is 341 g/mol. The Balaban J connectivity index is 2.32. The number of alkyl halides is 1. The van der Waals surface area contributed by atoms with Crippen molar-refractivity contribution in [2.24, 2.45) is 0 Å². The third-order valence-corrected chi connectivity index (χ3v) is 7.47. The molecule has 0 amide bonds. The van der Waals surface area contributed by atoms with E-state index in [-0.39, 0.29) is 28.0 Å². The van der Waals surface area contributed by atoms with Gasteiger partial charge in [0.25, 0.3) is 0 Å². The molecule has 1 unspecified atom stereocenters. The summed E-state index contributed by atoms with van der Waals surface area (Å²) >= 11 is 5.62. The summed E-state index contributed by atoms with van der Waals surface area (Å²) in [4.78, 5) is 0.0416. The fourth-order valence-electron chi connectivity index (χ4n) is 2.26. The van der Waals surface area contributed by atoms with Gasteiger partial charge >= 0.3 is 0 Å². The van der Waals surface area contributed by atoms with Crippen LogP contribution in [0.5, 0.6) is 0 Å². The van der Waals surface area contributed by atoms with Crippen molar-refractivity contribution in [3.05, 3.63) is 17.6 Å². The Labute approximate surface area is 123 Å². The van der Waals surface area contributed by atoms with Crippen LogP contribution in [0, 0.1) is 6.92 Å². The second kappa shape index (κ2) is 5.32. The van der Waals surface area contributed by atoms with Gasteiger partial charge in [-0.3, -0.25) is 0 Å². The van der Waals surface area contributed by atoms with Crippen molar-refractivity contribution >= 4 is 31.5 Å². The Hall–Kier alpha value is -0.570. The van der Waals surface area contributed by atoms with E-state index in [0.29, 0.717) is 12.2 Å².